The van der Waals surface area contributed by atoms with Crippen LogP contribution in [0.1, 0.15) is 11.1 Å². The van der Waals surface area contributed by atoms with E-state index < -0.39 is 15.3 Å². The average Bonchev–Trinajstić information content (AvgIpc) is 3.42. The van der Waals surface area contributed by atoms with Gasteiger partial charge in [0.1, 0.15) is 5.41 Å². The summed E-state index contributed by atoms with van der Waals surface area (Å²) in [4.78, 5) is 4.31. The molecule has 0 saturated carbocycles. The van der Waals surface area contributed by atoms with E-state index in [1.54, 1.807) is 59.6 Å². The first kappa shape index (κ1) is 22.4. The van der Waals surface area contributed by atoms with Crippen molar-refractivity contribution < 1.29 is 8.42 Å². The van der Waals surface area contributed by atoms with Crippen LogP contribution in [-0.4, -0.2) is 32.6 Å². The molecule has 4 aromatic rings. The first-order chi connectivity index (χ1) is 17.0. The number of sulfone groups is 1. The van der Waals surface area contributed by atoms with Crippen molar-refractivity contribution in [2.24, 2.45) is 10.1 Å². The van der Waals surface area contributed by atoms with Gasteiger partial charge in [0.2, 0.25) is 9.84 Å². The Morgan fingerprint density at radius 3 is 2.23 bits per heavy atom. The van der Waals surface area contributed by atoms with Crippen LogP contribution in [0.4, 0.5) is 0 Å². The Labute approximate surface area is 204 Å². The number of hydrogen-bond donors (Lipinski definition) is 0. The normalized spacial score (nSPS) is 14.4. The van der Waals surface area contributed by atoms with Gasteiger partial charge in [-0.05, 0) is 52.6 Å². The SMILES string of the molecule is N#CC(Cc1ccc2ccccc2c1)(CN1C=N[C+]=N1)c1ccc(S(=O)(=O)c2ccccc2)cc1. The van der Waals surface area contributed by atoms with Gasteiger partial charge in [0.05, 0.1) is 22.4 Å². The van der Waals surface area contributed by atoms with Gasteiger partial charge in [0.15, 0.2) is 0 Å². The summed E-state index contributed by atoms with van der Waals surface area (Å²) < 4.78 is 26.1. The Hall–Kier alpha value is -4.37. The van der Waals surface area contributed by atoms with Gasteiger partial charge in [-0.15, -0.1) is 5.01 Å². The van der Waals surface area contributed by atoms with Gasteiger partial charge in [-0.25, -0.2) is 8.42 Å². The fourth-order valence-electron chi connectivity index (χ4n) is 4.33. The van der Waals surface area contributed by atoms with Crippen LogP contribution in [0.15, 0.2) is 117 Å². The topological polar surface area (TPSA) is 85.9 Å². The number of rotatable bonds is 7. The van der Waals surface area contributed by atoms with E-state index in [1.165, 1.54) is 6.34 Å². The molecule has 1 unspecified atom stereocenters. The first-order valence-corrected chi connectivity index (χ1v) is 12.5. The van der Waals surface area contributed by atoms with E-state index in [9.17, 15) is 13.7 Å². The molecule has 0 spiro atoms. The summed E-state index contributed by atoms with van der Waals surface area (Å²) in [6, 6.07) is 31.6. The van der Waals surface area contributed by atoms with Gasteiger partial charge in [0.25, 0.3) is 6.34 Å². The lowest BCUT2D eigenvalue weighted by Crippen LogP contribution is -2.38. The second kappa shape index (κ2) is 9.11. The van der Waals surface area contributed by atoms with Crippen LogP contribution in [0.5, 0.6) is 0 Å². The van der Waals surface area contributed by atoms with Gasteiger partial charge >= 0.3 is 6.34 Å². The van der Waals surface area contributed by atoms with Gasteiger partial charge in [-0.1, -0.05) is 72.8 Å². The Morgan fingerprint density at radius 2 is 1.54 bits per heavy atom. The Bertz CT molecular complexity index is 1560. The zero-order valence-electron chi connectivity index (χ0n) is 18.7. The maximum Gasteiger partial charge on any atom is 0.371 e. The minimum atomic E-state index is -3.66. The van der Waals surface area contributed by atoms with Crippen LogP contribution in [0.2, 0.25) is 0 Å². The van der Waals surface area contributed by atoms with Crippen LogP contribution in [-0.2, 0) is 21.7 Å². The fraction of sp³-hybridized carbons (Fsp3) is 0.107. The predicted molar refractivity (Wildman–Crippen MR) is 136 cm³/mol. The summed E-state index contributed by atoms with van der Waals surface area (Å²) in [5.41, 5.74) is 0.699. The highest BCUT2D eigenvalue weighted by Crippen LogP contribution is 2.32. The lowest BCUT2D eigenvalue weighted by Gasteiger charge is -2.28. The van der Waals surface area contributed by atoms with Crippen LogP contribution < -0.4 is 0 Å². The molecule has 0 radical (unpaired) electrons. The molecule has 1 aliphatic heterocycles. The van der Waals surface area contributed by atoms with Crippen LogP contribution in [0.25, 0.3) is 10.8 Å². The lowest BCUT2D eigenvalue weighted by atomic mass is 9.76. The van der Waals surface area contributed by atoms with Crippen molar-refractivity contribution in [3.05, 3.63) is 108 Å². The molecule has 4 aromatic carbocycles. The summed E-state index contributed by atoms with van der Waals surface area (Å²) in [7, 11) is -3.66. The molecule has 0 aliphatic carbocycles. The molecule has 1 aliphatic rings. The minimum Gasteiger partial charge on any atom is -0.219 e. The molecule has 6 nitrogen and oxygen atoms in total. The molecule has 5 rings (SSSR count). The van der Waals surface area contributed by atoms with Crippen molar-refractivity contribution in [2.45, 2.75) is 21.6 Å². The van der Waals surface area contributed by atoms with Crippen molar-refractivity contribution in [2.75, 3.05) is 6.54 Å². The molecule has 0 saturated heterocycles. The largest absolute Gasteiger partial charge is 0.371 e. The Balaban J connectivity index is 1.54. The summed E-state index contributed by atoms with van der Waals surface area (Å²) >= 11 is 0. The van der Waals surface area contributed by atoms with Crippen molar-refractivity contribution in [3.8, 4) is 6.07 Å². The van der Waals surface area contributed by atoms with Crippen molar-refractivity contribution in [3.63, 3.8) is 0 Å². The number of hydrogen-bond acceptors (Lipinski definition) is 6. The lowest BCUT2D eigenvalue weighted by molar-refractivity contribution is 0.366. The van der Waals surface area contributed by atoms with Gasteiger partial charge < -0.3 is 0 Å². The number of fused-ring (bicyclic) bond motifs is 1. The molecule has 7 heteroatoms. The third kappa shape index (κ3) is 4.41. The van der Waals surface area contributed by atoms with E-state index in [-0.39, 0.29) is 16.3 Å². The highest BCUT2D eigenvalue weighted by atomic mass is 32.2. The maximum atomic E-state index is 13.0. The molecule has 0 aromatic heterocycles. The molecule has 0 fully saturated rings. The van der Waals surface area contributed by atoms with E-state index in [0.29, 0.717) is 12.0 Å². The van der Waals surface area contributed by atoms with Crippen LogP contribution >= 0.6 is 0 Å². The van der Waals surface area contributed by atoms with Gasteiger partial charge in [0, 0.05) is 10.1 Å². The van der Waals surface area contributed by atoms with E-state index in [2.05, 4.69) is 28.6 Å². The van der Waals surface area contributed by atoms with Crippen molar-refractivity contribution >= 4 is 33.3 Å². The maximum absolute atomic E-state index is 13.0. The highest BCUT2D eigenvalue weighted by Gasteiger charge is 2.37. The van der Waals surface area contributed by atoms with E-state index in [0.717, 1.165) is 16.3 Å². The van der Waals surface area contributed by atoms with Crippen LogP contribution in [0, 0.1) is 11.3 Å². The molecule has 0 N–H and O–H groups in total. The number of nitrogens with zero attached hydrogens (tertiary/aromatic N) is 4. The average molecular weight is 478 g/mol. The molecule has 1 heterocycles. The first-order valence-electron chi connectivity index (χ1n) is 11.1. The Kier molecular flexibility index (Phi) is 5.84. The summed E-state index contributed by atoms with van der Waals surface area (Å²) in [5.74, 6) is 0. The third-order valence-electron chi connectivity index (χ3n) is 6.16. The standard InChI is InChI=1S/C28H21N4O2S/c29-18-28(19-32-21-30-20-31-32,17-22-10-11-23-6-4-5-7-24(23)16-22)25-12-14-27(15-13-25)35(33,34)26-8-2-1-3-9-26/h1-16,21H,17,19H2/q+1. The molecular formula is C28H21N4O2S+. The van der Waals surface area contributed by atoms with Crippen molar-refractivity contribution in [1.29, 1.82) is 5.26 Å². The zero-order chi connectivity index (χ0) is 24.3. The van der Waals surface area contributed by atoms with Gasteiger partial charge in [-0.3, -0.25) is 0 Å². The van der Waals surface area contributed by atoms with Gasteiger partial charge in [-0.2, -0.15) is 5.26 Å². The smallest absolute Gasteiger partial charge is 0.219 e. The molecule has 0 amide bonds. The fourth-order valence-corrected chi connectivity index (χ4v) is 5.61. The summed E-state index contributed by atoms with van der Waals surface area (Å²) in [5, 5.41) is 18.4. The molecular weight excluding hydrogens is 456 g/mol. The van der Waals surface area contributed by atoms with Crippen molar-refractivity contribution in [1.82, 2.24) is 5.01 Å². The third-order valence-corrected chi connectivity index (χ3v) is 7.94. The second-order valence-corrected chi connectivity index (χ2v) is 10.4. The Morgan fingerprint density at radius 1 is 0.857 bits per heavy atom. The van der Waals surface area contributed by atoms with E-state index >= 15 is 0 Å². The number of hydrazone groups is 1. The molecule has 170 valence electrons. The molecule has 0 bridgehead atoms. The minimum absolute atomic E-state index is 0.180. The predicted octanol–water partition coefficient (Wildman–Crippen LogP) is 4.84. The number of benzene rings is 4. The number of aliphatic imine (C=N–C) groups is 1. The molecule has 35 heavy (non-hydrogen) atoms. The van der Waals surface area contributed by atoms with Crippen LogP contribution in [0.3, 0.4) is 0 Å². The quantitative estimate of drug-likeness (QED) is 0.357. The number of nitriles is 1. The summed E-state index contributed by atoms with van der Waals surface area (Å²) in [6.45, 7) is 0.248. The van der Waals surface area contributed by atoms with E-state index in [1.807, 2.05) is 36.4 Å². The van der Waals surface area contributed by atoms with E-state index in [4.69, 9.17) is 0 Å². The highest BCUT2D eigenvalue weighted by molar-refractivity contribution is 7.91. The molecule has 1 atom stereocenters. The second-order valence-electron chi connectivity index (χ2n) is 8.44. The monoisotopic (exact) mass is 477 g/mol. The summed E-state index contributed by atoms with van der Waals surface area (Å²) in [6.07, 6.45) is 4.48. The zero-order valence-corrected chi connectivity index (χ0v) is 19.6.